The molecule has 0 fully saturated rings. The third kappa shape index (κ3) is 4.64. The van der Waals surface area contributed by atoms with E-state index in [-0.39, 0.29) is 17.6 Å². The molecule has 0 saturated heterocycles. The normalized spacial score (nSPS) is 11.9. The van der Waals surface area contributed by atoms with Gasteiger partial charge in [0.2, 0.25) is 0 Å². The number of nitrogens with zero attached hydrogens (tertiary/aromatic N) is 1. The van der Waals surface area contributed by atoms with Crippen LogP contribution in [0.15, 0.2) is 18.2 Å². The van der Waals surface area contributed by atoms with Crippen molar-refractivity contribution < 1.29 is 9.72 Å². The molecule has 0 bridgehead atoms. The monoisotopic (exact) mass is 278 g/mol. The van der Waals surface area contributed by atoms with Crippen molar-refractivity contribution >= 4 is 11.6 Å². The van der Waals surface area contributed by atoms with Crippen LogP contribution in [0.25, 0.3) is 0 Å². The zero-order valence-electron chi connectivity index (χ0n) is 12.3. The summed E-state index contributed by atoms with van der Waals surface area (Å²) in [6.07, 6.45) is 4.29. The van der Waals surface area contributed by atoms with Crippen LogP contribution in [0.2, 0.25) is 0 Å². The molecule has 0 aliphatic rings. The summed E-state index contributed by atoms with van der Waals surface area (Å²) in [5.41, 5.74) is 0.878. The Hall–Kier alpha value is -1.91. The summed E-state index contributed by atoms with van der Waals surface area (Å²) in [6.45, 7) is 5.75. The van der Waals surface area contributed by atoms with Gasteiger partial charge < -0.3 is 5.32 Å². The predicted octanol–water partition coefficient (Wildman–Crippen LogP) is 3.60. The van der Waals surface area contributed by atoms with E-state index in [1.807, 2.05) is 6.92 Å². The second kappa shape index (κ2) is 7.62. The maximum Gasteiger partial charge on any atom is 0.273 e. The summed E-state index contributed by atoms with van der Waals surface area (Å²) < 4.78 is 0. The number of nitro benzene ring substituents is 1. The van der Waals surface area contributed by atoms with Crippen LogP contribution in [0.4, 0.5) is 5.69 Å². The van der Waals surface area contributed by atoms with Crippen LogP contribution in [-0.2, 0) is 0 Å². The largest absolute Gasteiger partial charge is 0.350 e. The Balaban J connectivity index is 2.68. The summed E-state index contributed by atoms with van der Waals surface area (Å²) in [5.74, 6) is -0.253. The lowest BCUT2D eigenvalue weighted by Crippen LogP contribution is -2.32. The number of carbonyl (C=O) groups is 1. The van der Waals surface area contributed by atoms with Gasteiger partial charge in [-0.2, -0.15) is 0 Å². The molecule has 5 nitrogen and oxygen atoms in total. The quantitative estimate of drug-likeness (QED) is 0.470. The number of nitrogens with one attached hydrogen (secondary N) is 1. The molecule has 1 N–H and O–H groups in total. The Morgan fingerprint density at radius 3 is 2.70 bits per heavy atom. The average Bonchev–Trinajstić information content (AvgIpc) is 2.39. The van der Waals surface area contributed by atoms with Gasteiger partial charge in [0.15, 0.2) is 0 Å². The highest BCUT2D eigenvalue weighted by atomic mass is 16.6. The molecule has 0 spiro atoms. The van der Waals surface area contributed by atoms with Crippen LogP contribution in [0.5, 0.6) is 0 Å². The second-order valence-corrected chi connectivity index (χ2v) is 5.13. The van der Waals surface area contributed by atoms with E-state index in [1.165, 1.54) is 6.07 Å². The van der Waals surface area contributed by atoms with Gasteiger partial charge in [0, 0.05) is 23.2 Å². The zero-order chi connectivity index (χ0) is 15.1. The van der Waals surface area contributed by atoms with Gasteiger partial charge in [-0.3, -0.25) is 14.9 Å². The lowest BCUT2D eigenvalue weighted by Gasteiger charge is -2.13. The van der Waals surface area contributed by atoms with Crippen LogP contribution in [0.1, 0.15) is 55.5 Å². The number of carbonyl (C=O) groups excluding carboxylic acids is 1. The lowest BCUT2D eigenvalue weighted by molar-refractivity contribution is -0.385. The molecule has 0 aliphatic heterocycles. The van der Waals surface area contributed by atoms with Gasteiger partial charge in [-0.25, -0.2) is 0 Å². The van der Waals surface area contributed by atoms with E-state index in [2.05, 4.69) is 12.2 Å². The summed E-state index contributed by atoms with van der Waals surface area (Å²) in [4.78, 5) is 22.4. The highest BCUT2D eigenvalue weighted by molar-refractivity contribution is 5.95. The third-order valence-electron chi connectivity index (χ3n) is 3.29. The highest BCUT2D eigenvalue weighted by Gasteiger charge is 2.16. The molecule has 0 saturated carbocycles. The lowest BCUT2D eigenvalue weighted by atomic mass is 10.1. The van der Waals surface area contributed by atoms with Crippen molar-refractivity contribution in [3.63, 3.8) is 0 Å². The fourth-order valence-electron chi connectivity index (χ4n) is 2.03. The molecule has 1 aromatic rings. The molecule has 0 unspecified atom stereocenters. The van der Waals surface area contributed by atoms with Crippen molar-refractivity contribution in [3.05, 3.63) is 39.4 Å². The van der Waals surface area contributed by atoms with Gasteiger partial charge in [0.1, 0.15) is 0 Å². The molecule has 0 radical (unpaired) electrons. The second-order valence-electron chi connectivity index (χ2n) is 5.13. The molecule has 0 heterocycles. The van der Waals surface area contributed by atoms with Crippen molar-refractivity contribution in [2.75, 3.05) is 0 Å². The number of hydrogen-bond donors (Lipinski definition) is 1. The first-order chi connectivity index (χ1) is 9.45. The minimum Gasteiger partial charge on any atom is -0.350 e. The van der Waals surface area contributed by atoms with Crippen LogP contribution < -0.4 is 5.32 Å². The SMILES string of the molecule is CCCCC[C@H](C)NC(=O)c1ccc(C)c([N+](=O)[O-])c1. The molecular formula is C15H22N2O3. The third-order valence-corrected chi connectivity index (χ3v) is 3.29. The van der Waals surface area contributed by atoms with E-state index in [4.69, 9.17) is 0 Å². The molecule has 1 atom stereocenters. The number of hydrogen-bond acceptors (Lipinski definition) is 3. The topological polar surface area (TPSA) is 72.2 Å². The number of rotatable bonds is 7. The van der Waals surface area contributed by atoms with Gasteiger partial charge in [0.05, 0.1) is 4.92 Å². The summed E-state index contributed by atoms with van der Waals surface area (Å²) in [7, 11) is 0. The van der Waals surface area contributed by atoms with E-state index in [1.54, 1.807) is 19.1 Å². The van der Waals surface area contributed by atoms with Gasteiger partial charge in [0.25, 0.3) is 11.6 Å². The Kier molecular flexibility index (Phi) is 6.15. The Labute approximate surface area is 119 Å². The summed E-state index contributed by atoms with van der Waals surface area (Å²) in [5, 5.41) is 13.7. The van der Waals surface area contributed by atoms with Crippen molar-refractivity contribution in [1.29, 1.82) is 0 Å². The Bertz CT molecular complexity index is 486. The molecule has 0 aliphatic carbocycles. The van der Waals surface area contributed by atoms with Gasteiger partial charge >= 0.3 is 0 Å². The van der Waals surface area contributed by atoms with Crippen molar-refractivity contribution in [1.82, 2.24) is 5.32 Å². The van der Waals surface area contributed by atoms with Gasteiger partial charge in [-0.1, -0.05) is 32.3 Å². The van der Waals surface area contributed by atoms with Crippen molar-refractivity contribution in [3.8, 4) is 0 Å². The predicted molar refractivity (Wildman–Crippen MR) is 78.9 cm³/mol. The van der Waals surface area contributed by atoms with Crippen molar-refractivity contribution in [2.24, 2.45) is 0 Å². The Morgan fingerprint density at radius 1 is 1.40 bits per heavy atom. The van der Waals surface area contributed by atoms with E-state index in [0.717, 1.165) is 25.7 Å². The minimum atomic E-state index is -0.462. The highest BCUT2D eigenvalue weighted by Crippen LogP contribution is 2.19. The molecule has 110 valence electrons. The maximum atomic E-state index is 12.0. The standard InChI is InChI=1S/C15H22N2O3/c1-4-5-6-7-12(3)16-15(18)13-9-8-11(2)14(10-13)17(19)20/h8-10,12H,4-7H2,1-3H3,(H,16,18)/t12-/m0/s1. The van der Waals surface area contributed by atoms with E-state index in [0.29, 0.717) is 11.1 Å². The molecule has 0 aromatic heterocycles. The van der Waals surface area contributed by atoms with Crippen LogP contribution >= 0.6 is 0 Å². The number of unbranched alkanes of at least 4 members (excludes halogenated alkanes) is 2. The maximum absolute atomic E-state index is 12.0. The molecule has 1 amide bonds. The fraction of sp³-hybridized carbons (Fsp3) is 0.533. The Morgan fingerprint density at radius 2 is 2.10 bits per heavy atom. The van der Waals surface area contributed by atoms with Gasteiger partial charge in [-0.15, -0.1) is 0 Å². The van der Waals surface area contributed by atoms with Crippen LogP contribution in [0.3, 0.4) is 0 Å². The smallest absolute Gasteiger partial charge is 0.273 e. The molecular weight excluding hydrogens is 256 g/mol. The number of benzene rings is 1. The number of amides is 1. The first-order valence-corrected chi connectivity index (χ1v) is 7.01. The molecule has 1 aromatic carbocycles. The fourth-order valence-corrected chi connectivity index (χ4v) is 2.03. The van der Waals surface area contributed by atoms with E-state index in [9.17, 15) is 14.9 Å². The van der Waals surface area contributed by atoms with E-state index >= 15 is 0 Å². The number of aryl methyl sites for hydroxylation is 1. The molecule has 5 heteroatoms. The van der Waals surface area contributed by atoms with Crippen LogP contribution in [-0.4, -0.2) is 16.9 Å². The minimum absolute atomic E-state index is 0.0173. The number of nitro groups is 1. The summed E-state index contributed by atoms with van der Waals surface area (Å²) in [6, 6.07) is 4.64. The molecule has 1 rings (SSSR count). The zero-order valence-corrected chi connectivity index (χ0v) is 12.3. The van der Waals surface area contributed by atoms with Crippen molar-refractivity contribution in [2.45, 2.75) is 52.5 Å². The van der Waals surface area contributed by atoms with Crippen LogP contribution in [0, 0.1) is 17.0 Å². The summed E-state index contributed by atoms with van der Waals surface area (Å²) >= 11 is 0. The first-order valence-electron chi connectivity index (χ1n) is 7.01. The van der Waals surface area contributed by atoms with E-state index < -0.39 is 4.92 Å². The average molecular weight is 278 g/mol. The van der Waals surface area contributed by atoms with Gasteiger partial charge in [-0.05, 0) is 26.3 Å². The first kappa shape index (κ1) is 16.1. The molecule has 20 heavy (non-hydrogen) atoms.